The number of ether oxygens (including phenoxy) is 1. The lowest BCUT2D eigenvalue weighted by atomic mass is 10.0. The Bertz CT molecular complexity index is 807. The van der Waals surface area contributed by atoms with Crippen molar-refractivity contribution < 1.29 is 27.5 Å². The molecule has 0 radical (unpaired) electrons. The minimum Gasteiger partial charge on any atom is -0.473 e. The minimum absolute atomic E-state index is 0.0196. The number of nitrogens with zero attached hydrogens (tertiary/aromatic N) is 2. The number of halogens is 3. The predicted molar refractivity (Wildman–Crippen MR) is 87.6 cm³/mol. The summed E-state index contributed by atoms with van der Waals surface area (Å²) in [6.07, 6.45) is -3.47. The van der Waals surface area contributed by atoms with Gasteiger partial charge in [0.25, 0.3) is 5.91 Å². The number of likely N-dealkylation sites (N-methyl/N-ethyl adjacent to an activating group) is 1. The highest BCUT2D eigenvalue weighted by Gasteiger charge is 2.31. The number of aromatic nitrogens is 1. The van der Waals surface area contributed by atoms with E-state index in [1.165, 1.54) is 14.2 Å². The number of carbonyl (C=O) groups is 1. The van der Waals surface area contributed by atoms with E-state index in [1.54, 1.807) is 24.3 Å². The molecule has 1 amide bonds. The number of pyridine rings is 1. The zero-order valence-electron chi connectivity index (χ0n) is 14.0. The summed E-state index contributed by atoms with van der Waals surface area (Å²) in [5.41, 5.74) is 0.126. The van der Waals surface area contributed by atoms with Crippen LogP contribution in [0.4, 0.5) is 13.2 Å². The monoisotopic (exact) mass is 367 g/mol. The summed E-state index contributed by atoms with van der Waals surface area (Å²) in [4.78, 5) is 20.5. The van der Waals surface area contributed by atoms with Crippen LogP contribution in [-0.4, -0.2) is 30.8 Å². The topological polar surface area (TPSA) is 72.8 Å². The fourth-order valence-corrected chi connectivity index (χ4v) is 2.12. The largest absolute Gasteiger partial charge is 0.473 e. The quantitative estimate of drug-likeness (QED) is 0.629. The van der Waals surface area contributed by atoms with Gasteiger partial charge in [-0.05, 0) is 11.6 Å². The van der Waals surface area contributed by atoms with Crippen molar-refractivity contribution >= 4 is 11.6 Å². The summed E-state index contributed by atoms with van der Waals surface area (Å²) < 4.78 is 43.6. The van der Waals surface area contributed by atoms with Crippen molar-refractivity contribution in [2.24, 2.45) is 5.16 Å². The number of oxime groups is 1. The first-order valence-corrected chi connectivity index (χ1v) is 7.44. The summed E-state index contributed by atoms with van der Waals surface area (Å²) in [5, 5.41) is 6.16. The standard InChI is InChI=1S/C17H16F3N3O3/c1-21-16(24)15(23-25-2)13-6-4-3-5-11(13)10-26-14-9-12(7-8-22-14)17(18,19)20/h3-9H,10H2,1-2H3,(H,21,24)/b23-15+. The number of alkyl halides is 3. The molecule has 0 saturated carbocycles. The van der Waals surface area contributed by atoms with Crippen molar-refractivity contribution in [2.45, 2.75) is 12.8 Å². The van der Waals surface area contributed by atoms with Crippen molar-refractivity contribution in [3.63, 3.8) is 0 Å². The van der Waals surface area contributed by atoms with Crippen LogP contribution in [0.2, 0.25) is 0 Å². The van der Waals surface area contributed by atoms with E-state index < -0.39 is 17.6 Å². The smallest absolute Gasteiger partial charge is 0.416 e. The van der Waals surface area contributed by atoms with Crippen LogP contribution in [0.1, 0.15) is 16.7 Å². The average molecular weight is 367 g/mol. The number of benzene rings is 1. The Morgan fingerprint density at radius 3 is 2.65 bits per heavy atom. The van der Waals surface area contributed by atoms with Crippen molar-refractivity contribution in [3.05, 3.63) is 59.3 Å². The molecule has 26 heavy (non-hydrogen) atoms. The van der Waals surface area contributed by atoms with Gasteiger partial charge in [-0.25, -0.2) is 4.98 Å². The summed E-state index contributed by atoms with van der Waals surface area (Å²) >= 11 is 0. The molecule has 138 valence electrons. The zero-order chi connectivity index (χ0) is 19.2. The lowest BCUT2D eigenvalue weighted by molar-refractivity contribution is -0.137. The molecule has 2 aromatic rings. The van der Waals surface area contributed by atoms with Crippen LogP contribution in [0.3, 0.4) is 0 Å². The Morgan fingerprint density at radius 2 is 2.00 bits per heavy atom. The van der Waals surface area contributed by atoms with Crippen LogP contribution >= 0.6 is 0 Å². The van der Waals surface area contributed by atoms with E-state index in [1.807, 2.05) is 0 Å². The summed E-state index contributed by atoms with van der Waals surface area (Å²) in [7, 11) is 2.74. The van der Waals surface area contributed by atoms with Crippen molar-refractivity contribution in [1.82, 2.24) is 10.3 Å². The summed E-state index contributed by atoms with van der Waals surface area (Å²) in [6.45, 7) is -0.107. The maximum atomic E-state index is 12.8. The second kappa shape index (κ2) is 8.32. The van der Waals surface area contributed by atoms with Gasteiger partial charge in [0.1, 0.15) is 13.7 Å². The van der Waals surface area contributed by atoms with Crippen LogP contribution in [0, 0.1) is 0 Å². The Morgan fingerprint density at radius 1 is 1.27 bits per heavy atom. The van der Waals surface area contributed by atoms with E-state index in [2.05, 4.69) is 15.5 Å². The van der Waals surface area contributed by atoms with Gasteiger partial charge in [0.2, 0.25) is 5.88 Å². The molecule has 1 aromatic carbocycles. The van der Waals surface area contributed by atoms with Crippen LogP contribution in [-0.2, 0) is 22.4 Å². The van der Waals surface area contributed by atoms with Gasteiger partial charge >= 0.3 is 6.18 Å². The molecule has 0 bridgehead atoms. The first-order chi connectivity index (χ1) is 12.4. The van der Waals surface area contributed by atoms with Crippen LogP contribution < -0.4 is 10.1 Å². The highest BCUT2D eigenvalue weighted by Crippen LogP contribution is 2.30. The van der Waals surface area contributed by atoms with Crippen LogP contribution in [0.25, 0.3) is 0 Å². The normalized spacial score (nSPS) is 11.8. The average Bonchev–Trinajstić information content (AvgIpc) is 2.64. The van der Waals surface area contributed by atoms with Gasteiger partial charge in [-0.3, -0.25) is 4.79 Å². The molecule has 9 heteroatoms. The molecule has 0 aliphatic carbocycles. The predicted octanol–water partition coefficient (Wildman–Crippen LogP) is 2.78. The van der Waals surface area contributed by atoms with E-state index in [0.29, 0.717) is 11.1 Å². The Labute approximate surface area is 147 Å². The van der Waals surface area contributed by atoms with E-state index in [0.717, 1.165) is 18.3 Å². The van der Waals surface area contributed by atoms with Gasteiger partial charge in [-0.1, -0.05) is 29.4 Å². The molecule has 2 rings (SSSR count). The van der Waals surface area contributed by atoms with E-state index in [-0.39, 0.29) is 18.2 Å². The second-order valence-corrected chi connectivity index (χ2v) is 5.03. The van der Waals surface area contributed by atoms with Crippen molar-refractivity contribution in [1.29, 1.82) is 0 Å². The molecule has 0 spiro atoms. The Balaban J connectivity index is 2.26. The number of hydrogen-bond acceptors (Lipinski definition) is 5. The molecular formula is C17H16F3N3O3. The maximum Gasteiger partial charge on any atom is 0.416 e. The Kier molecular flexibility index (Phi) is 6.16. The van der Waals surface area contributed by atoms with Crippen molar-refractivity contribution in [3.8, 4) is 5.88 Å². The molecule has 0 aliphatic rings. The molecule has 0 unspecified atom stereocenters. The summed E-state index contributed by atoms with van der Waals surface area (Å²) in [5.74, 6) is -0.656. The highest BCUT2D eigenvalue weighted by atomic mass is 19.4. The minimum atomic E-state index is -4.49. The van der Waals surface area contributed by atoms with E-state index in [4.69, 9.17) is 9.57 Å². The van der Waals surface area contributed by atoms with E-state index >= 15 is 0 Å². The van der Waals surface area contributed by atoms with Gasteiger partial charge in [-0.2, -0.15) is 13.2 Å². The van der Waals surface area contributed by atoms with Gasteiger partial charge < -0.3 is 14.9 Å². The van der Waals surface area contributed by atoms with E-state index in [9.17, 15) is 18.0 Å². The van der Waals surface area contributed by atoms with Gasteiger partial charge in [0, 0.05) is 24.9 Å². The fraction of sp³-hybridized carbons (Fsp3) is 0.235. The van der Waals surface area contributed by atoms with Gasteiger partial charge in [0.15, 0.2) is 5.71 Å². The SMILES string of the molecule is CNC(=O)/C(=N/OC)c1ccccc1COc1cc(C(F)(F)F)ccn1. The molecule has 6 nitrogen and oxygen atoms in total. The third kappa shape index (κ3) is 4.71. The lowest BCUT2D eigenvalue weighted by Gasteiger charge is -2.12. The molecule has 0 aliphatic heterocycles. The second-order valence-electron chi connectivity index (χ2n) is 5.03. The molecule has 1 N–H and O–H groups in total. The van der Waals surface area contributed by atoms with Gasteiger partial charge in [-0.15, -0.1) is 0 Å². The molecule has 1 aromatic heterocycles. The van der Waals surface area contributed by atoms with Crippen molar-refractivity contribution in [2.75, 3.05) is 14.2 Å². The van der Waals surface area contributed by atoms with Gasteiger partial charge in [0.05, 0.1) is 5.56 Å². The third-order valence-electron chi connectivity index (χ3n) is 3.33. The molecule has 0 fully saturated rings. The van der Waals surface area contributed by atoms with Crippen LogP contribution in [0.15, 0.2) is 47.8 Å². The number of carbonyl (C=O) groups excluding carboxylic acids is 1. The molecular weight excluding hydrogens is 351 g/mol. The number of nitrogens with one attached hydrogen (secondary N) is 1. The molecule has 1 heterocycles. The zero-order valence-corrected chi connectivity index (χ0v) is 14.0. The first kappa shape index (κ1) is 19.2. The number of rotatable bonds is 6. The number of amides is 1. The number of hydrogen-bond donors (Lipinski definition) is 1. The fourth-order valence-electron chi connectivity index (χ4n) is 2.12. The summed E-state index contributed by atoms with van der Waals surface area (Å²) in [6, 6.07) is 8.36. The third-order valence-corrected chi connectivity index (χ3v) is 3.33. The maximum absolute atomic E-state index is 12.8. The first-order valence-electron chi connectivity index (χ1n) is 7.44. The molecule has 0 atom stereocenters. The van der Waals surface area contributed by atoms with Crippen LogP contribution in [0.5, 0.6) is 5.88 Å². The Hall–Kier alpha value is -3.10. The lowest BCUT2D eigenvalue weighted by Crippen LogP contribution is -2.29. The highest BCUT2D eigenvalue weighted by molar-refractivity contribution is 6.45. The molecule has 0 saturated heterocycles.